The van der Waals surface area contributed by atoms with Crippen molar-refractivity contribution in [3.63, 3.8) is 0 Å². The van der Waals surface area contributed by atoms with E-state index in [4.69, 9.17) is 4.74 Å². The van der Waals surface area contributed by atoms with Gasteiger partial charge in [0, 0.05) is 36.7 Å². The standard InChI is InChI=1S/C18H36N2O/c1-5-8-16-9-6-7-11-20(16)14-18(10-12-21-15-18)13-19-17(2,3)4/h16,19H,5-15H2,1-4H3. The topological polar surface area (TPSA) is 24.5 Å². The molecule has 2 aliphatic rings. The van der Waals surface area contributed by atoms with Crippen molar-refractivity contribution in [2.24, 2.45) is 5.41 Å². The Morgan fingerprint density at radius 2 is 2.10 bits per heavy atom. The first kappa shape index (κ1) is 17.2. The van der Waals surface area contributed by atoms with E-state index in [-0.39, 0.29) is 5.54 Å². The van der Waals surface area contributed by atoms with Crippen molar-refractivity contribution in [1.29, 1.82) is 0 Å². The van der Waals surface area contributed by atoms with E-state index in [0.29, 0.717) is 5.41 Å². The van der Waals surface area contributed by atoms with E-state index < -0.39 is 0 Å². The van der Waals surface area contributed by atoms with Crippen LogP contribution in [0.3, 0.4) is 0 Å². The minimum absolute atomic E-state index is 0.195. The molecule has 0 amide bonds. The molecule has 0 radical (unpaired) electrons. The second-order valence-electron chi connectivity index (χ2n) is 8.31. The molecule has 2 rings (SSSR count). The average Bonchev–Trinajstić information content (AvgIpc) is 2.88. The van der Waals surface area contributed by atoms with Crippen molar-refractivity contribution in [2.75, 3.05) is 32.8 Å². The van der Waals surface area contributed by atoms with Crippen LogP contribution in [0.25, 0.3) is 0 Å². The van der Waals surface area contributed by atoms with Gasteiger partial charge in [-0.3, -0.25) is 4.90 Å². The van der Waals surface area contributed by atoms with Gasteiger partial charge in [0.25, 0.3) is 0 Å². The number of rotatable bonds is 6. The molecule has 2 atom stereocenters. The van der Waals surface area contributed by atoms with E-state index in [9.17, 15) is 0 Å². The third-order valence-corrected chi connectivity index (χ3v) is 5.09. The fourth-order valence-electron chi connectivity index (χ4n) is 3.78. The van der Waals surface area contributed by atoms with E-state index in [1.807, 2.05) is 0 Å². The second kappa shape index (κ2) is 7.43. The maximum atomic E-state index is 5.80. The predicted octanol–water partition coefficient (Wildman–Crippen LogP) is 3.44. The average molecular weight is 296 g/mol. The van der Waals surface area contributed by atoms with Crippen LogP contribution >= 0.6 is 0 Å². The Labute approximate surface area is 131 Å². The number of hydrogen-bond acceptors (Lipinski definition) is 3. The van der Waals surface area contributed by atoms with Crippen LogP contribution in [0, 0.1) is 5.41 Å². The lowest BCUT2D eigenvalue weighted by Gasteiger charge is -2.42. The summed E-state index contributed by atoms with van der Waals surface area (Å²) in [6.07, 6.45) is 8.09. The van der Waals surface area contributed by atoms with E-state index in [1.54, 1.807) is 0 Å². The summed E-state index contributed by atoms with van der Waals surface area (Å²) in [7, 11) is 0. The third-order valence-electron chi connectivity index (χ3n) is 5.09. The van der Waals surface area contributed by atoms with Crippen molar-refractivity contribution in [1.82, 2.24) is 10.2 Å². The molecule has 0 aliphatic carbocycles. The first-order valence-corrected chi connectivity index (χ1v) is 9.01. The molecule has 0 aromatic carbocycles. The van der Waals surface area contributed by atoms with Crippen molar-refractivity contribution >= 4 is 0 Å². The predicted molar refractivity (Wildman–Crippen MR) is 89.7 cm³/mol. The van der Waals surface area contributed by atoms with E-state index in [1.165, 1.54) is 51.6 Å². The van der Waals surface area contributed by atoms with Gasteiger partial charge in [-0.15, -0.1) is 0 Å². The molecule has 0 spiro atoms. The van der Waals surface area contributed by atoms with E-state index in [0.717, 1.165) is 25.8 Å². The SMILES string of the molecule is CCCC1CCCCN1CC1(CNC(C)(C)C)CCOC1. The smallest absolute Gasteiger partial charge is 0.0547 e. The Balaban J connectivity index is 1.97. The summed E-state index contributed by atoms with van der Waals surface area (Å²) in [5.74, 6) is 0. The van der Waals surface area contributed by atoms with Gasteiger partial charge in [-0.2, -0.15) is 0 Å². The molecule has 3 heteroatoms. The lowest BCUT2D eigenvalue weighted by atomic mass is 9.84. The minimum atomic E-state index is 0.195. The van der Waals surface area contributed by atoms with Crippen molar-refractivity contribution in [3.8, 4) is 0 Å². The fraction of sp³-hybridized carbons (Fsp3) is 1.00. The Kier molecular flexibility index (Phi) is 6.10. The molecule has 3 nitrogen and oxygen atoms in total. The van der Waals surface area contributed by atoms with Gasteiger partial charge < -0.3 is 10.1 Å². The van der Waals surface area contributed by atoms with Crippen molar-refractivity contribution in [3.05, 3.63) is 0 Å². The number of nitrogens with zero attached hydrogens (tertiary/aromatic N) is 1. The molecule has 2 aliphatic heterocycles. The molecule has 0 saturated carbocycles. The van der Waals surface area contributed by atoms with Crippen LogP contribution in [-0.4, -0.2) is 49.3 Å². The maximum Gasteiger partial charge on any atom is 0.0547 e. The summed E-state index contributed by atoms with van der Waals surface area (Å²) in [6.45, 7) is 14.6. The first-order chi connectivity index (χ1) is 9.94. The number of piperidine rings is 1. The minimum Gasteiger partial charge on any atom is -0.381 e. The molecule has 21 heavy (non-hydrogen) atoms. The van der Waals surface area contributed by atoms with Gasteiger partial charge in [0.1, 0.15) is 0 Å². The highest BCUT2D eigenvalue weighted by Crippen LogP contribution is 2.33. The van der Waals surface area contributed by atoms with Crippen molar-refractivity contribution < 1.29 is 4.74 Å². The molecule has 2 heterocycles. The van der Waals surface area contributed by atoms with Gasteiger partial charge in [0.2, 0.25) is 0 Å². The lowest BCUT2D eigenvalue weighted by Crippen LogP contribution is -2.52. The van der Waals surface area contributed by atoms with Crippen LogP contribution in [0.5, 0.6) is 0 Å². The molecule has 0 aromatic rings. The number of likely N-dealkylation sites (tertiary alicyclic amines) is 1. The summed E-state index contributed by atoms with van der Waals surface area (Å²) >= 11 is 0. The number of ether oxygens (including phenoxy) is 1. The fourth-order valence-corrected chi connectivity index (χ4v) is 3.78. The van der Waals surface area contributed by atoms with Gasteiger partial charge in [-0.05, 0) is 53.0 Å². The highest BCUT2D eigenvalue weighted by atomic mass is 16.5. The first-order valence-electron chi connectivity index (χ1n) is 9.01. The zero-order valence-corrected chi connectivity index (χ0v) is 14.7. The molecule has 2 fully saturated rings. The van der Waals surface area contributed by atoms with Crippen LogP contribution < -0.4 is 5.32 Å². The van der Waals surface area contributed by atoms with Crippen molar-refractivity contribution in [2.45, 2.75) is 77.8 Å². The Bertz CT molecular complexity index is 303. The molecule has 2 unspecified atom stereocenters. The highest BCUT2D eigenvalue weighted by molar-refractivity contribution is 4.92. The number of nitrogens with one attached hydrogen (secondary N) is 1. The molecular formula is C18H36N2O. The lowest BCUT2D eigenvalue weighted by molar-refractivity contribution is 0.0588. The van der Waals surface area contributed by atoms with Gasteiger partial charge in [0.15, 0.2) is 0 Å². The van der Waals surface area contributed by atoms with E-state index in [2.05, 4.69) is 37.9 Å². The van der Waals surface area contributed by atoms with Gasteiger partial charge in [0.05, 0.1) is 6.61 Å². The monoisotopic (exact) mass is 296 g/mol. The summed E-state index contributed by atoms with van der Waals surface area (Å²) < 4.78 is 5.80. The van der Waals surface area contributed by atoms with Gasteiger partial charge in [-0.1, -0.05) is 19.8 Å². The summed E-state index contributed by atoms with van der Waals surface area (Å²) in [5, 5.41) is 3.73. The molecular weight excluding hydrogens is 260 g/mol. The molecule has 1 N–H and O–H groups in total. The highest BCUT2D eigenvalue weighted by Gasteiger charge is 2.39. The number of hydrogen-bond donors (Lipinski definition) is 1. The Morgan fingerprint density at radius 3 is 2.71 bits per heavy atom. The molecule has 0 bridgehead atoms. The molecule has 2 saturated heterocycles. The zero-order valence-electron chi connectivity index (χ0n) is 14.7. The van der Waals surface area contributed by atoms with Crippen LogP contribution in [0.1, 0.15) is 66.2 Å². The zero-order chi connectivity index (χ0) is 15.3. The summed E-state index contributed by atoms with van der Waals surface area (Å²) in [4.78, 5) is 2.78. The normalized spacial score (nSPS) is 31.7. The van der Waals surface area contributed by atoms with Gasteiger partial charge >= 0.3 is 0 Å². The largest absolute Gasteiger partial charge is 0.381 e. The molecule has 0 aromatic heterocycles. The summed E-state index contributed by atoms with van der Waals surface area (Å²) in [6, 6.07) is 0.816. The van der Waals surface area contributed by atoms with Crippen LogP contribution in [-0.2, 0) is 4.74 Å². The second-order valence-corrected chi connectivity index (χ2v) is 8.31. The maximum absolute atomic E-state index is 5.80. The third kappa shape index (κ3) is 5.22. The summed E-state index contributed by atoms with van der Waals surface area (Å²) in [5.41, 5.74) is 0.525. The quantitative estimate of drug-likeness (QED) is 0.812. The van der Waals surface area contributed by atoms with Gasteiger partial charge in [-0.25, -0.2) is 0 Å². The van der Waals surface area contributed by atoms with E-state index >= 15 is 0 Å². The van der Waals surface area contributed by atoms with Crippen LogP contribution in [0.2, 0.25) is 0 Å². The Hall–Kier alpha value is -0.120. The van der Waals surface area contributed by atoms with Crippen LogP contribution in [0.4, 0.5) is 0 Å². The molecule has 124 valence electrons. The van der Waals surface area contributed by atoms with Crippen LogP contribution in [0.15, 0.2) is 0 Å². The Morgan fingerprint density at radius 1 is 1.29 bits per heavy atom.